The summed E-state index contributed by atoms with van der Waals surface area (Å²) in [6, 6.07) is 20.2. The number of benzene rings is 2. The maximum atomic E-state index is 6.42. The summed E-state index contributed by atoms with van der Waals surface area (Å²) in [6.07, 6.45) is 2.08. The van der Waals surface area contributed by atoms with E-state index in [0.29, 0.717) is 5.02 Å². The van der Waals surface area contributed by atoms with Gasteiger partial charge in [0.25, 0.3) is 0 Å². The average Bonchev–Trinajstić information content (AvgIpc) is 3.20. The van der Waals surface area contributed by atoms with Crippen molar-refractivity contribution in [2.75, 3.05) is 0 Å². The van der Waals surface area contributed by atoms with Gasteiger partial charge in [0.05, 0.1) is 16.4 Å². The van der Waals surface area contributed by atoms with Crippen molar-refractivity contribution in [1.82, 2.24) is 19.3 Å². The van der Waals surface area contributed by atoms with E-state index >= 15 is 0 Å². The molecule has 0 fully saturated rings. The third kappa shape index (κ3) is 1.87. The summed E-state index contributed by atoms with van der Waals surface area (Å²) in [5, 5.41) is 9.61. The van der Waals surface area contributed by atoms with Gasteiger partial charge in [-0.05, 0) is 35.9 Å². The predicted octanol–water partition coefficient (Wildman–Crippen LogP) is 4.42. The maximum Gasteiger partial charge on any atom is 0.185 e. The van der Waals surface area contributed by atoms with Gasteiger partial charge in [-0.3, -0.25) is 4.57 Å². The lowest BCUT2D eigenvalue weighted by Gasteiger charge is -2.12. The van der Waals surface area contributed by atoms with Gasteiger partial charge in [-0.15, -0.1) is 10.2 Å². The third-order valence-corrected chi connectivity index (χ3v) is 4.74. The van der Waals surface area contributed by atoms with E-state index in [0.717, 1.165) is 35.1 Å². The summed E-state index contributed by atoms with van der Waals surface area (Å²) in [7, 11) is 0. The molecule has 0 unspecified atom stereocenters. The molecule has 0 N–H and O–H groups in total. The van der Waals surface area contributed by atoms with Crippen LogP contribution in [0, 0.1) is 0 Å². The molecule has 0 bridgehead atoms. The largest absolute Gasteiger partial charge is 0.340 e. The Morgan fingerprint density at radius 1 is 0.833 bits per heavy atom. The number of hydrogen-bond acceptors (Lipinski definition) is 2. The van der Waals surface area contributed by atoms with E-state index in [1.54, 1.807) is 0 Å². The van der Waals surface area contributed by atoms with Crippen LogP contribution in [0.5, 0.6) is 0 Å². The normalized spacial score (nSPS) is 12.2. The van der Waals surface area contributed by atoms with Crippen LogP contribution in [-0.2, 0) is 6.54 Å². The SMILES string of the molecule is Clc1ccccc1-c1nnc2n1-c1ccccc1Cn1cccc1-2. The van der Waals surface area contributed by atoms with Crippen LogP contribution in [0.3, 0.4) is 0 Å². The molecule has 5 heteroatoms. The van der Waals surface area contributed by atoms with Gasteiger partial charge in [0.1, 0.15) is 0 Å². The molecular weight excluding hydrogens is 320 g/mol. The molecule has 24 heavy (non-hydrogen) atoms. The smallest absolute Gasteiger partial charge is 0.185 e. The highest BCUT2D eigenvalue weighted by molar-refractivity contribution is 6.33. The summed E-state index contributed by atoms with van der Waals surface area (Å²) in [4.78, 5) is 0. The van der Waals surface area contributed by atoms with Crippen molar-refractivity contribution in [1.29, 1.82) is 0 Å². The fraction of sp³-hybridized carbons (Fsp3) is 0.0526. The Balaban J connectivity index is 1.88. The van der Waals surface area contributed by atoms with E-state index in [4.69, 9.17) is 11.6 Å². The van der Waals surface area contributed by atoms with Gasteiger partial charge < -0.3 is 4.57 Å². The lowest BCUT2D eigenvalue weighted by atomic mass is 10.1. The average molecular weight is 333 g/mol. The Morgan fingerprint density at radius 3 is 2.54 bits per heavy atom. The minimum absolute atomic E-state index is 0.671. The van der Waals surface area contributed by atoms with Gasteiger partial charge in [-0.1, -0.05) is 41.9 Å². The lowest BCUT2D eigenvalue weighted by Crippen LogP contribution is -2.02. The van der Waals surface area contributed by atoms with Crippen LogP contribution in [0.2, 0.25) is 5.02 Å². The Morgan fingerprint density at radius 2 is 1.62 bits per heavy atom. The molecule has 116 valence electrons. The van der Waals surface area contributed by atoms with E-state index in [1.807, 2.05) is 36.4 Å². The fourth-order valence-corrected chi connectivity index (χ4v) is 3.52. The van der Waals surface area contributed by atoms with E-state index in [2.05, 4.69) is 49.8 Å². The first-order valence-corrected chi connectivity index (χ1v) is 8.15. The first kappa shape index (κ1) is 13.6. The first-order valence-electron chi connectivity index (χ1n) is 7.77. The topological polar surface area (TPSA) is 35.6 Å². The van der Waals surface area contributed by atoms with Gasteiger partial charge in [-0.25, -0.2) is 0 Å². The second-order valence-corrected chi connectivity index (χ2v) is 6.22. The van der Waals surface area contributed by atoms with Crippen molar-refractivity contribution in [2.45, 2.75) is 6.54 Å². The Hall–Kier alpha value is -2.85. The molecule has 1 aliphatic heterocycles. The van der Waals surface area contributed by atoms with Crippen molar-refractivity contribution in [3.8, 4) is 28.6 Å². The Bertz CT molecular complexity index is 1060. The molecular formula is C19H13ClN4. The van der Waals surface area contributed by atoms with E-state index in [-0.39, 0.29) is 0 Å². The molecule has 5 rings (SSSR count). The molecule has 2 aromatic heterocycles. The summed E-state index contributed by atoms with van der Waals surface area (Å²) in [6.45, 7) is 0.809. The fourth-order valence-electron chi connectivity index (χ4n) is 3.30. The second-order valence-electron chi connectivity index (χ2n) is 5.81. The van der Waals surface area contributed by atoms with E-state index < -0.39 is 0 Å². The van der Waals surface area contributed by atoms with Crippen LogP contribution >= 0.6 is 11.6 Å². The zero-order valence-electron chi connectivity index (χ0n) is 12.7. The summed E-state index contributed by atoms with van der Waals surface area (Å²) in [5.41, 5.74) is 4.25. The van der Waals surface area contributed by atoms with Crippen LogP contribution in [0.1, 0.15) is 5.56 Å². The number of nitrogens with zero attached hydrogens (tertiary/aromatic N) is 4. The second kappa shape index (κ2) is 5.08. The number of fused-ring (bicyclic) bond motifs is 5. The van der Waals surface area contributed by atoms with Crippen LogP contribution in [0.4, 0.5) is 0 Å². The van der Waals surface area contributed by atoms with Crippen LogP contribution < -0.4 is 0 Å². The van der Waals surface area contributed by atoms with Gasteiger partial charge >= 0.3 is 0 Å². The molecule has 0 saturated carbocycles. The molecule has 0 aliphatic carbocycles. The van der Waals surface area contributed by atoms with Gasteiger partial charge in [-0.2, -0.15) is 0 Å². The summed E-state index contributed by atoms with van der Waals surface area (Å²) in [5.74, 6) is 1.59. The standard InChI is InChI=1S/C19H13ClN4/c20-15-8-3-2-7-14(15)18-21-22-19-17-10-5-11-23(17)12-13-6-1-4-9-16(13)24(18)19/h1-11H,12H2. The predicted molar refractivity (Wildman–Crippen MR) is 94.3 cm³/mol. The molecule has 0 amide bonds. The highest BCUT2D eigenvalue weighted by Crippen LogP contribution is 2.35. The van der Waals surface area contributed by atoms with E-state index in [1.165, 1.54) is 5.56 Å². The zero-order chi connectivity index (χ0) is 16.1. The number of halogens is 1. The van der Waals surface area contributed by atoms with Crippen molar-refractivity contribution in [3.05, 3.63) is 77.4 Å². The number of hydrogen-bond donors (Lipinski definition) is 0. The van der Waals surface area contributed by atoms with Crippen LogP contribution in [0.15, 0.2) is 66.9 Å². The Kier molecular flexibility index (Phi) is 2.87. The van der Waals surface area contributed by atoms with Crippen molar-refractivity contribution in [2.24, 2.45) is 0 Å². The molecule has 0 radical (unpaired) electrons. The molecule has 2 aromatic carbocycles. The quantitative estimate of drug-likeness (QED) is 0.455. The highest BCUT2D eigenvalue weighted by Gasteiger charge is 2.24. The summed E-state index contributed by atoms with van der Waals surface area (Å²) < 4.78 is 4.30. The van der Waals surface area contributed by atoms with Crippen LogP contribution in [-0.4, -0.2) is 19.3 Å². The molecule has 0 saturated heterocycles. The maximum absolute atomic E-state index is 6.42. The molecule has 1 aliphatic rings. The van der Waals surface area contributed by atoms with Crippen molar-refractivity contribution < 1.29 is 0 Å². The molecule has 0 spiro atoms. The van der Waals surface area contributed by atoms with Crippen LogP contribution in [0.25, 0.3) is 28.6 Å². The first-order chi connectivity index (χ1) is 11.8. The summed E-state index contributed by atoms with van der Waals surface area (Å²) >= 11 is 6.42. The minimum Gasteiger partial charge on any atom is -0.340 e. The van der Waals surface area contributed by atoms with Crippen molar-refractivity contribution in [3.63, 3.8) is 0 Å². The molecule has 4 aromatic rings. The minimum atomic E-state index is 0.671. The monoisotopic (exact) mass is 332 g/mol. The molecule has 0 atom stereocenters. The highest BCUT2D eigenvalue weighted by atomic mass is 35.5. The number of aromatic nitrogens is 4. The van der Waals surface area contributed by atoms with Gasteiger partial charge in [0, 0.05) is 18.3 Å². The van der Waals surface area contributed by atoms with E-state index in [9.17, 15) is 0 Å². The lowest BCUT2D eigenvalue weighted by molar-refractivity contribution is 0.816. The van der Waals surface area contributed by atoms with Gasteiger partial charge in [0.2, 0.25) is 0 Å². The zero-order valence-corrected chi connectivity index (χ0v) is 13.5. The van der Waals surface area contributed by atoms with Crippen molar-refractivity contribution >= 4 is 11.6 Å². The number of para-hydroxylation sites is 1. The Labute approximate surface area is 144 Å². The molecule has 4 nitrogen and oxygen atoms in total. The number of rotatable bonds is 1. The molecule has 3 heterocycles. The van der Waals surface area contributed by atoms with Gasteiger partial charge in [0.15, 0.2) is 11.6 Å². The third-order valence-electron chi connectivity index (χ3n) is 4.41.